The molecule has 388 valence electrons. The van der Waals surface area contributed by atoms with Gasteiger partial charge in [-0.15, -0.1) is 29.7 Å². The molecule has 3 heterocycles. The normalized spacial score (nSPS) is 16.2. The van der Waals surface area contributed by atoms with Crippen molar-refractivity contribution in [1.29, 1.82) is 0 Å². The molecule has 76 heavy (non-hydrogen) atoms. The fourth-order valence-electron chi connectivity index (χ4n) is 13.4. The summed E-state index contributed by atoms with van der Waals surface area (Å²) in [5.74, 6) is 2.03. The van der Waals surface area contributed by atoms with E-state index >= 15 is 0 Å². The first-order chi connectivity index (χ1) is 35.4. The van der Waals surface area contributed by atoms with E-state index < -0.39 is 0 Å². The van der Waals surface area contributed by atoms with Crippen LogP contribution in [0, 0.1) is 18.5 Å². The van der Waals surface area contributed by atoms with Gasteiger partial charge >= 0.3 is 0 Å². The molecule has 0 saturated carbocycles. The number of fused-ring (bicyclic) bond motifs is 6. The summed E-state index contributed by atoms with van der Waals surface area (Å²) in [7, 11) is 0. The summed E-state index contributed by atoms with van der Waals surface area (Å²) in [6.45, 7) is 33.0. The van der Waals surface area contributed by atoms with Gasteiger partial charge in [0.25, 0.3) is 6.33 Å². The number of nitrogens with zero attached hydrogens (tertiary/aromatic N) is 4. The van der Waals surface area contributed by atoms with Gasteiger partial charge in [-0.1, -0.05) is 193 Å². The van der Waals surface area contributed by atoms with E-state index in [-0.39, 0.29) is 53.6 Å². The molecule has 0 atom stereocenters. The Labute approximate surface area is 465 Å². The number of imidazole rings is 1. The van der Waals surface area contributed by atoms with Crippen LogP contribution in [0.5, 0.6) is 11.5 Å². The van der Waals surface area contributed by atoms with Crippen LogP contribution < -0.4 is 9.30 Å². The minimum absolute atomic E-state index is 0. The second-order valence-electron chi connectivity index (χ2n) is 26.4. The predicted molar refractivity (Wildman–Crippen MR) is 310 cm³/mol. The van der Waals surface area contributed by atoms with Crippen molar-refractivity contribution >= 4 is 32.8 Å². The van der Waals surface area contributed by atoms with Crippen molar-refractivity contribution in [1.82, 2.24) is 14.1 Å². The first kappa shape index (κ1) is 51.5. The fourth-order valence-corrected chi connectivity index (χ4v) is 13.4. The Morgan fingerprint density at radius 2 is 1.09 bits per heavy atom. The minimum Gasteiger partial charge on any atom is -0.510 e. The largest absolute Gasteiger partial charge is 0.510 e. The summed E-state index contributed by atoms with van der Waals surface area (Å²) in [4.78, 5) is 4.90. The van der Waals surface area contributed by atoms with Gasteiger partial charge in [0.15, 0.2) is 0 Å². The third-order valence-corrected chi connectivity index (χ3v) is 16.7. The predicted octanol–water partition coefficient (Wildman–Crippen LogP) is 17.4. The van der Waals surface area contributed by atoms with Crippen LogP contribution in [0.4, 0.5) is 0 Å². The molecular weight excluding hydrogens is 1110 g/mol. The van der Waals surface area contributed by atoms with Crippen LogP contribution in [0.1, 0.15) is 143 Å². The Balaban J connectivity index is 0.00000616. The number of pyridine rings is 1. The Morgan fingerprint density at radius 1 is 0.526 bits per heavy atom. The molecule has 6 heteroatoms. The molecule has 0 aliphatic heterocycles. The summed E-state index contributed by atoms with van der Waals surface area (Å²) in [6, 6.07) is 58.6. The molecule has 5 nitrogen and oxygen atoms in total. The number of rotatable bonds is 7. The third-order valence-electron chi connectivity index (χ3n) is 16.7. The average molecular weight is 1180 g/mol. The molecule has 0 fully saturated rings. The van der Waals surface area contributed by atoms with E-state index in [2.05, 4.69) is 250 Å². The molecule has 10 aromatic rings. The molecule has 2 aliphatic rings. The number of para-hydroxylation sites is 3. The number of ether oxygens (including phenoxy) is 1. The topological polar surface area (TPSA) is 35.9 Å². The zero-order valence-corrected chi connectivity index (χ0v) is 49.1. The second-order valence-corrected chi connectivity index (χ2v) is 26.4. The molecule has 3 aromatic heterocycles. The van der Waals surface area contributed by atoms with Crippen LogP contribution in [0.25, 0.3) is 72.3 Å². The number of benzene rings is 7. The summed E-state index contributed by atoms with van der Waals surface area (Å²) in [5, 5.41) is 2.23. The Morgan fingerprint density at radius 3 is 1.71 bits per heavy atom. The van der Waals surface area contributed by atoms with Gasteiger partial charge in [0.2, 0.25) is 0 Å². The van der Waals surface area contributed by atoms with Gasteiger partial charge in [-0.2, -0.15) is 18.2 Å². The van der Waals surface area contributed by atoms with Crippen molar-refractivity contribution in [3.63, 3.8) is 0 Å². The van der Waals surface area contributed by atoms with Crippen molar-refractivity contribution in [2.45, 2.75) is 142 Å². The first-order valence-corrected chi connectivity index (χ1v) is 27.0. The van der Waals surface area contributed by atoms with Crippen LogP contribution in [0.2, 0.25) is 0 Å². The van der Waals surface area contributed by atoms with Crippen LogP contribution in [0.15, 0.2) is 146 Å². The van der Waals surface area contributed by atoms with Gasteiger partial charge in [-0.25, -0.2) is 4.98 Å². The zero-order chi connectivity index (χ0) is 52.8. The van der Waals surface area contributed by atoms with E-state index in [1.165, 1.54) is 55.6 Å². The standard InChI is InChI=1S/C70H70N4O.Pt/c1-65(2,3)46-32-33-71-63(38-46)74-59-23-16-15-22-51(59)52-29-28-50(40-62(52)74)75-49-21-19-20-48(39-49)72-43-73(61-25-18-17-24-60(61)72)64-53(44-26-30-55-57(34-44)69(11,12)41-67(55,7)8)36-47(66(4,5)6)37-54(64)45-27-31-56-58(35-45)70(13,14)42-68(56,9)10;/h15-38H,41-42H2,1-14H3;/q-2;. The number of aromatic nitrogens is 4. The first-order valence-electron chi connectivity index (χ1n) is 27.0. The van der Waals surface area contributed by atoms with Gasteiger partial charge < -0.3 is 13.9 Å². The molecular formula is C70H70N4OPt-2. The summed E-state index contributed by atoms with van der Waals surface area (Å²) >= 11 is 0. The van der Waals surface area contributed by atoms with E-state index in [1.54, 1.807) is 0 Å². The molecule has 12 rings (SSSR count). The molecule has 7 aromatic carbocycles. The summed E-state index contributed by atoms with van der Waals surface area (Å²) in [6.07, 6.45) is 8.09. The molecule has 0 bridgehead atoms. The van der Waals surface area contributed by atoms with Crippen molar-refractivity contribution in [2.24, 2.45) is 0 Å². The quantitative estimate of drug-likeness (QED) is 0.118. The van der Waals surface area contributed by atoms with Gasteiger partial charge in [0.05, 0.1) is 16.7 Å². The Bertz CT molecular complexity index is 3860. The van der Waals surface area contributed by atoms with Crippen LogP contribution >= 0.6 is 0 Å². The van der Waals surface area contributed by atoms with Crippen molar-refractivity contribution in [2.75, 3.05) is 0 Å². The fraction of sp³-hybridized carbons (Fsp3) is 0.314. The average Bonchev–Trinajstić information content (AvgIpc) is 4.01. The maximum Gasteiger partial charge on any atom is 0.268 e. The van der Waals surface area contributed by atoms with E-state index in [9.17, 15) is 0 Å². The van der Waals surface area contributed by atoms with Crippen molar-refractivity contribution in [3.8, 4) is 50.9 Å². The second kappa shape index (κ2) is 17.8. The van der Waals surface area contributed by atoms with Gasteiger partial charge in [0, 0.05) is 44.3 Å². The molecule has 0 saturated heterocycles. The smallest absolute Gasteiger partial charge is 0.268 e. The molecule has 0 amide bonds. The monoisotopic (exact) mass is 1180 g/mol. The molecule has 0 radical (unpaired) electrons. The minimum atomic E-state index is -0.122. The Hall–Kier alpha value is -6.55. The van der Waals surface area contributed by atoms with Gasteiger partial charge in [0.1, 0.15) is 5.82 Å². The molecule has 0 spiro atoms. The van der Waals surface area contributed by atoms with Crippen LogP contribution in [-0.4, -0.2) is 14.1 Å². The maximum absolute atomic E-state index is 6.77. The third kappa shape index (κ3) is 8.57. The summed E-state index contributed by atoms with van der Waals surface area (Å²) in [5.41, 5.74) is 19.2. The van der Waals surface area contributed by atoms with Gasteiger partial charge in [-0.3, -0.25) is 4.57 Å². The molecule has 2 aliphatic carbocycles. The van der Waals surface area contributed by atoms with E-state index in [0.717, 1.165) is 62.9 Å². The van der Waals surface area contributed by atoms with E-state index in [1.807, 2.05) is 24.4 Å². The van der Waals surface area contributed by atoms with Gasteiger partial charge in [-0.05, 0) is 130 Å². The number of hydrogen-bond donors (Lipinski definition) is 0. The molecule has 0 unspecified atom stereocenters. The maximum atomic E-state index is 6.77. The van der Waals surface area contributed by atoms with Crippen LogP contribution in [0.3, 0.4) is 0 Å². The van der Waals surface area contributed by atoms with Crippen molar-refractivity contribution in [3.05, 3.63) is 198 Å². The van der Waals surface area contributed by atoms with Crippen LogP contribution in [-0.2, 0) is 53.6 Å². The Kier molecular flexibility index (Phi) is 12.0. The van der Waals surface area contributed by atoms with E-state index in [0.29, 0.717) is 11.5 Å². The zero-order valence-electron chi connectivity index (χ0n) is 46.8. The molecule has 0 N–H and O–H groups in total. The number of hydrogen-bond acceptors (Lipinski definition) is 2. The van der Waals surface area contributed by atoms with E-state index in [4.69, 9.17) is 9.72 Å². The summed E-state index contributed by atoms with van der Waals surface area (Å²) < 4.78 is 13.4. The SMILES string of the molecule is CC(C)(C)c1ccnc(-n2c3[c-]c(Oc4[c-]c(-n5[c-][n+](-c6c(-c7ccc8c(c7)C(C)(C)CC8(C)C)cc(C(C)(C)C)cc6-c6ccc7c(c6)C(C)(C)CC7(C)C)c6ccccc65)ccc4)ccc3c3ccccc32)c1.[Pt]. The van der Waals surface area contributed by atoms with Crippen molar-refractivity contribution < 1.29 is 30.4 Å².